The summed E-state index contributed by atoms with van der Waals surface area (Å²) in [6, 6.07) is 6.75. The van der Waals surface area contributed by atoms with Crippen LogP contribution in [0.15, 0.2) is 24.3 Å². The monoisotopic (exact) mass is 374 g/mol. The van der Waals surface area contributed by atoms with Gasteiger partial charge in [-0.15, -0.1) is 0 Å². The molecule has 0 spiro atoms. The topological polar surface area (TPSA) is 89.7 Å². The summed E-state index contributed by atoms with van der Waals surface area (Å²) in [7, 11) is 5.23. The molecule has 3 N–H and O–H groups in total. The van der Waals surface area contributed by atoms with Crippen LogP contribution in [0.1, 0.15) is 18.3 Å². The first kappa shape index (κ1) is 20.4. The smallest absolute Gasteiger partial charge is 0.282 e. The number of hydrogen-bond donors (Lipinski definition) is 3. The van der Waals surface area contributed by atoms with Gasteiger partial charge in [-0.3, -0.25) is 14.3 Å². The van der Waals surface area contributed by atoms with Gasteiger partial charge in [0, 0.05) is 18.8 Å². The molecule has 1 unspecified atom stereocenters. The van der Waals surface area contributed by atoms with Gasteiger partial charge in [-0.05, 0) is 32.9 Å². The molecule has 8 heteroatoms. The molecule has 2 atom stereocenters. The number of ether oxygens (including phenoxy) is 1. The van der Waals surface area contributed by atoms with E-state index in [0.29, 0.717) is 11.4 Å². The van der Waals surface area contributed by atoms with Crippen LogP contribution < -0.4 is 20.3 Å². The van der Waals surface area contributed by atoms with Crippen molar-refractivity contribution < 1.29 is 19.2 Å². The number of nitrogens with zero attached hydrogens (tertiary/aromatic N) is 2. The molecule has 2 aromatic rings. The van der Waals surface area contributed by atoms with Gasteiger partial charge in [-0.1, -0.05) is 6.07 Å². The van der Waals surface area contributed by atoms with Gasteiger partial charge >= 0.3 is 0 Å². The van der Waals surface area contributed by atoms with Gasteiger partial charge in [0.2, 0.25) is 0 Å². The summed E-state index contributed by atoms with van der Waals surface area (Å²) in [5.74, 6) is 0.346. The van der Waals surface area contributed by atoms with Crippen LogP contribution >= 0.6 is 0 Å². The van der Waals surface area contributed by atoms with Crippen molar-refractivity contribution in [2.75, 3.05) is 31.3 Å². The predicted molar refractivity (Wildman–Crippen MR) is 104 cm³/mol. The third-order valence-corrected chi connectivity index (χ3v) is 4.68. The first-order valence-corrected chi connectivity index (χ1v) is 8.80. The Hall–Kier alpha value is -2.87. The first-order valence-electron chi connectivity index (χ1n) is 8.80. The highest BCUT2D eigenvalue weighted by molar-refractivity contribution is 5.95. The van der Waals surface area contributed by atoms with E-state index >= 15 is 0 Å². The molecule has 2 rings (SSSR count). The van der Waals surface area contributed by atoms with Gasteiger partial charge in [0.15, 0.2) is 12.6 Å². The Labute approximate surface area is 159 Å². The van der Waals surface area contributed by atoms with Gasteiger partial charge in [-0.2, -0.15) is 5.10 Å². The molecular weight excluding hydrogens is 346 g/mol. The van der Waals surface area contributed by atoms with Crippen molar-refractivity contribution in [2.45, 2.75) is 26.8 Å². The summed E-state index contributed by atoms with van der Waals surface area (Å²) in [4.78, 5) is 25.7. The average molecular weight is 374 g/mol. The number of rotatable bonds is 7. The van der Waals surface area contributed by atoms with Crippen LogP contribution in [-0.2, 0) is 16.6 Å². The minimum Gasteiger partial charge on any atom is -0.497 e. The largest absolute Gasteiger partial charge is 0.497 e. The molecule has 0 bridgehead atoms. The van der Waals surface area contributed by atoms with Crippen molar-refractivity contribution in [3.63, 3.8) is 0 Å². The summed E-state index contributed by atoms with van der Waals surface area (Å²) < 4.78 is 6.88. The third-order valence-electron chi connectivity index (χ3n) is 4.68. The fourth-order valence-corrected chi connectivity index (χ4v) is 2.72. The predicted octanol–water partition coefficient (Wildman–Crippen LogP) is 0.526. The number of methoxy groups -OCH3 is 1. The number of hydrogen-bond acceptors (Lipinski definition) is 4. The molecule has 1 heterocycles. The number of likely N-dealkylation sites (N-methyl/N-ethyl adjacent to an activating group) is 1. The maximum absolute atomic E-state index is 12.6. The molecule has 0 fully saturated rings. The van der Waals surface area contributed by atoms with Crippen molar-refractivity contribution in [1.29, 1.82) is 0 Å². The number of carbonyl (C=O) groups excluding carboxylic acids is 2. The van der Waals surface area contributed by atoms with E-state index in [1.54, 1.807) is 36.9 Å². The Morgan fingerprint density at radius 3 is 2.59 bits per heavy atom. The lowest BCUT2D eigenvalue weighted by atomic mass is 10.2. The normalized spacial score (nSPS) is 13.0. The Balaban J connectivity index is 1.94. The minimum atomic E-state index is -0.403. The number of nitrogens with one attached hydrogen (secondary N) is 3. The zero-order valence-corrected chi connectivity index (χ0v) is 16.7. The van der Waals surface area contributed by atoms with E-state index < -0.39 is 6.04 Å². The molecule has 0 aliphatic rings. The van der Waals surface area contributed by atoms with Crippen molar-refractivity contribution in [2.24, 2.45) is 7.05 Å². The highest BCUT2D eigenvalue weighted by Crippen LogP contribution is 2.18. The molecular formula is C19H28N5O3+. The molecule has 8 nitrogen and oxygen atoms in total. The van der Waals surface area contributed by atoms with Crippen molar-refractivity contribution in [3.8, 4) is 5.75 Å². The summed E-state index contributed by atoms with van der Waals surface area (Å²) >= 11 is 0. The first-order chi connectivity index (χ1) is 12.7. The number of aromatic nitrogens is 2. The zero-order valence-electron chi connectivity index (χ0n) is 16.7. The molecule has 0 saturated carbocycles. The van der Waals surface area contributed by atoms with E-state index in [0.717, 1.165) is 22.0 Å². The SMILES string of the molecule is COc1cccc(NC(=O)C[NH+](C)[C@H](C)C(=O)Nc2c(C)nn(C)c2C)c1. The van der Waals surface area contributed by atoms with Gasteiger partial charge < -0.3 is 20.3 Å². The number of benzene rings is 1. The summed E-state index contributed by atoms with van der Waals surface area (Å²) in [5, 5.41) is 10.1. The fraction of sp³-hybridized carbons (Fsp3) is 0.421. The number of amides is 2. The Bertz CT molecular complexity index is 831. The number of carbonyl (C=O) groups is 2. The van der Waals surface area contributed by atoms with E-state index in [-0.39, 0.29) is 18.4 Å². The minimum absolute atomic E-state index is 0.152. The van der Waals surface area contributed by atoms with Crippen LogP contribution in [0.25, 0.3) is 0 Å². The lowest BCUT2D eigenvalue weighted by Crippen LogP contribution is -3.14. The maximum atomic E-state index is 12.6. The zero-order chi connectivity index (χ0) is 20.1. The van der Waals surface area contributed by atoms with Crippen LogP contribution in [-0.4, -0.2) is 48.3 Å². The molecule has 0 aliphatic heterocycles. The summed E-state index contributed by atoms with van der Waals surface area (Å²) in [5.41, 5.74) is 3.04. The quantitative estimate of drug-likeness (QED) is 0.659. The standard InChI is InChI=1S/C19H27N5O3/c1-12-18(13(2)24(5)22-12)21-19(26)14(3)23(4)11-17(25)20-15-8-7-9-16(10-15)27-6/h7-10,14H,11H2,1-6H3,(H,20,25)(H,21,26)/p+1/t14-/m1/s1. The van der Waals surface area contributed by atoms with Crippen LogP contribution in [0.2, 0.25) is 0 Å². The maximum Gasteiger partial charge on any atom is 0.282 e. The Morgan fingerprint density at radius 1 is 1.30 bits per heavy atom. The van der Waals surface area contributed by atoms with Gasteiger partial charge in [0.1, 0.15) is 5.75 Å². The van der Waals surface area contributed by atoms with Crippen LogP contribution in [0.4, 0.5) is 11.4 Å². The Morgan fingerprint density at radius 2 is 2.00 bits per heavy atom. The molecule has 0 aliphatic carbocycles. The second-order valence-electron chi connectivity index (χ2n) is 6.68. The molecule has 146 valence electrons. The molecule has 0 radical (unpaired) electrons. The molecule has 1 aromatic carbocycles. The van der Waals surface area contributed by atoms with Crippen molar-refractivity contribution in [3.05, 3.63) is 35.7 Å². The molecule has 2 amide bonds. The van der Waals surface area contributed by atoms with E-state index in [1.165, 1.54) is 0 Å². The molecule has 27 heavy (non-hydrogen) atoms. The second kappa shape index (κ2) is 8.68. The van der Waals surface area contributed by atoms with Crippen molar-refractivity contribution >= 4 is 23.2 Å². The van der Waals surface area contributed by atoms with Crippen LogP contribution in [0.3, 0.4) is 0 Å². The Kier molecular flexibility index (Phi) is 6.57. The van der Waals surface area contributed by atoms with E-state index in [1.807, 2.05) is 34.0 Å². The van der Waals surface area contributed by atoms with Crippen LogP contribution in [0, 0.1) is 13.8 Å². The van der Waals surface area contributed by atoms with Crippen molar-refractivity contribution in [1.82, 2.24) is 9.78 Å². The highest BCUT2D eigenvalue weighted by Gasteiger charge is 2.25. The number of aryl methyl sites for hydroxylation is 2. The number of anilines is 2. The van der Waals surface area contributed by atoms with Gasteiger partial charge in [0.05, 0.1) is 31.2 Å². The number of quaternary nitrogens is 1. The lowest BCUT2D eigenvalue weighted by Gasteiger charge is -2.20. The van der Waals surface area contributed by atoms with Gasteiger partial charge in [-0.25, -0.2) is 0 Å². The fourth-order valence-electron chi connectivity index (χ4n) is 2.72. The average Bonchev–Trinajstić information content (AvgIpc) is 2.87. The molecule has 0 saturated heterocycles. The third kappa shape index (κ3) is 5.07. The van der Waals surface area contributed by atoms with Crippen LogP contribution in [0.5, 0.6) is 5.75 Å². The lowest BCUT2D eigenvalue weighted by molar-refractivity contribution is -0.885. The van der Waals surface area contributed by atoms with E-state index in [4.69, 9.17) is 4.74 Å². The van der Waals surface area contributed by atoms with E-state index in [2.05, 4.69) is 15.7 Å². The van der Waals surface area contributed by atoms with Gasteiger partial charge in [0.25, 0.3) is 11.8 Å². The highest BCUT2D eigenvalue weighted by atomic mass is 16.5. The van der Waals surface area contributed by atoms with E-state index in [9.17, 15) is 9.59 Å². The molecule has 1 aromatic heterocycles. The summed E-state index contributed by atoms with van der Waals surface area (Å²) in [6.07, 6.45) is 0. The second-order valence-corrected chi connectivity index (χ2v) is 6.68. The summed E-state index contributed by atoms with van der Waals surface area (Å²) in [6.45, 7) is 5.71.